The number of carbonyl (C=O) groups excluding carboxylic acids is 2. The van der Waals surface area contributed by atoms with Crippen molar-refractivity contribution in [3.63, 3.8) is 0 Å². The predicted octanol–water partition coefficient (Wildman–Crippen LogP) is 3.31. The lowest BCUT2D eigenvalue weighted by Crippen LogP contribution is -2.45. The van der Waals surface area contributed by atoms with E-state index in [9.17, 15) is 9.59 Å². The largest absolute Gasteiger partial charge is 0.397 e. The number of aromatic amines is 1. The van der Waals surface area contributed by atoms with E-state index in [0.29, 0.717) is 17.6 Å². The van der Waals surface area contributed by atoms with Gasteiger partial charge in [-0.2, -0.15) is 0 Å². The Hall–Kier alpha value is -3.91. The lowest BCUT2D eigenvalue weighted by molar-refractivity contribution is 0.0760. The van der Waals surface area contributed by atoms with Crippen LogP contribution in [0.3, 0.4) is 0 Å². The summed E-state index contributed by atoms with van der Waals surface area (Å²) in [4.78, 5) is 38.9. The van der Waals surface area contributed by atoms with E-state index in [1.165, 1.54) is 17.2 Å². The lowest BCUT2D eigenvalue weighted by atomic mass is 10.0. The Balaban J connectivity index is 1.55. The van der Waals surface area contributed by atoms with Gasteiger partial charge in [0.15, 0.2) is 0 Å². The standard InChI is InChI=1S/C24H23ClN6O2/c1-31(24(33)21-12-20(26)19(25)13-29-21)14-16(11-15-5-3-2-4-6-15)30-23(32)18-8-10-28-22-17(18)7-9-27-22/h2-10,12-13,16H,11,14H2,1H3,(H2,26,29)(H,27,28)(H,30,32). The van der Waals surface area contributed by atoms with Crippen LogP contribution in [0.1, 0.15) is 26.4 Å². The molecule has 4 aromatic rings. The van der Waals surface area contributed by atoms with Crippen LogP contribution in [0.2, 0.25) is 5.02 Å². The number of likely N-dealkylation sites (N-methyl/N-ethyl adjacent to an activating group) is 1. The number of nitrogens with one attached hydrogen (secondary N) is 2. The van der Waals surface area contributed by atoms with Crippen molar-refractivity contribution in [3.8, 4) is 0 Å². The molecule has 0 fully saturated rings. The predicted molar refractivity (Wildman–Crippen MR) is 128 cm³/mol. The molecule has 168 valence electrons. The van der Waals surface area contributed by atoms with Gasteiger partial charge in [0.05, 0.1) is 22.3 Å². The number of anilines is 1. The highest BCUT2D eigenvalue weighted by Gasteiger charge is 2.22. The number of nitrogens with zero attached hydrogens (tertiary/aromatic N) is 3. The van der Waals surface area contributed by atoms with E-state index in [0.717, 1.165) is 10.9 Å². The normalized spacial score (nSPS) is 11.8. The Bertz CT molecular complexity index is 1290. The second-order valence-electron chi connectivity index (χ2n) is 7.74. The van der Waals surface area contributed by atoms with Gasteiger partial charge in [-0.1, -0.05) is 41.9 Å². The van der Waals surface area contributed by atoms with Gasteiger partial charge in [0, 0.05) is 37.6 Å². The third-order valence-corrected chi connectivity index (χ3v) is 5.63. The molecule has 0 aliphatic carbocycles. The minimum atomic E-state index is -0.347. The molecule has 0 spiro atoms. The van der Waals surface area contributed by atoms with Gasteiger partial charge in [0.25, 0.3) is 11.8 Å². The summed E-state index contributed by atoms with van der Waals surface area (Å²) in [6.07, 6.45) is 5.23. The van der Waals surface area contributed by atoms with E-state index in [1.807, 2.05) is 36.4 Å². The van der Waals surface area contributed by atoms with Crippen LogP contribution < -0.4 is 11.1 Å². The summed E-state index contributed by atoms with van der Waals surface area (Å²) in [5.74, 6) is -0.555. The summed E-state index contributed by atoms with van der Waals surface area (Å²) in [6.45, 7) is 0.269. The summed E-state index contributed by atoms with van der Waals surface area (Å²) in [5.41, 5.74) is 8.49. The average Bonchev–Trinajstić information content (AvgIpc) is 3.30. The summed E-state index contributed by atoms with van der Waals surface area (Å²) < 4.78 is 0. The fourth-order valence-corrected chi connectivity index (χ4v) is 3.77. The zero-order valence-corrected chi connectivity index (χ0v) is 18.7. The van der Waals surface area contributed by atoms with Crippen molar-refractivity contribution in [3.05, 3.63) is 89.0 Å². The fraction of sp³-hybridized carbons (Fsp3) is 0.167. The molecule has 0 bridgehead atoms. The van der Waals surface area contributed by atoms with Crippen molar-refractivity contribution in [2.24, 2.45) is 0 Å². The molecule has 1 unspecified atom stereocenters. The number of nitrogens with two attached hydrogens (primary N) is 1. The molecule has 0 aliphatic heterocycles. The van der Waals surface area contributed by atoms with Gasteiger partial charge in [-0.3, -0.25) is 9.59 Å². The summed E-state index contributed by atoms with van der Waals surface area (Å²) in [7, 11) is 1.66. The summed E-state index contributed by atoms with van der Waals surface area (Å²) in [6, 6.07) is 14.4. The van der Waals surface area contributed by atoms with Gasteiger partial charge in [-0.05, 0) is 30.2 Å². The number of hydrogen-bond donors (Lipinski definition) is 3. The van der Waals surface area contributed by atoms with Crippen LogP contribution in [0, 0.1) is 0 Å². The van der Waals surface area contributed by atoms with Crippen molar-refractivity contribution in [2.75, 3.05) is 19.3 Å². The first kappa shape index (κ1) is 22.3. The second-order valence-corrected chi connectivity index (χ2v) is 8.14. The number of fused-ring (bicyclic) bond motifs is 1. The maximum atomic E-state index is 13.2. The van der Waals surface area contributed by atoms with Crippen LogP contribution in [-0.2, 0) is 6.42 Å². The topological polar surface area (TPSA) is 117 Å². The zero-order chi connectivity index (χ0) is 23.4. The smallest absolute Gasteiger partial charge is 0.272 e. The molecule has 0 saturated carbocycles. The van der Waals surface area contributed by atoms with Gasteiger partial charge in [0.2, 0.25) is 0 Å². The molecule has 4 N–H and O–H groups in total. The first-order valence-corrected chi connectivity index (χ1v) is 10.7. The molecule has 4 rings (SSSR count). The highest BCUT2D eigenvalue weighted by atomic mass is 35.5. The van der Waals surface area contributed by atoms with Crippen LogP contribution >= 0.6 is 11.6 Å². The van der Waals surface area contributed by atoms with Gasteiger partial charge >= 0.3 is 0 Å². The van der Waals surface area contributed by atoms with E-state index in [2.05, 4.69) is 20.3 Å². The molecule has 3 aromatic heterocycles. The molecule has 0 radical (unpaired) electrons. The first-order chi connectivity index (χ1) is 15.9. The molecule has 33 heavy (non-hydrogen) atoms. The number of pyridine rings is 2. The van der Waals surface area contributed by atoms with E-state index >= 15 is 0 Å². The van der Waals surface area contributed by atoms with Crippen molar-refractivity contribution in [2.45, 2.75) is 12.5 Å². The Kier molecular flexibility index (Phi) is 6.55. The maximum Gasteiger partial charge on any atom is 0.272 e. The monoisotopic (exact) mass is 462 g/mol. The minimum absolute atomic E-state index is 0.187. The number of carbonyl (C=O) groups is 2. The number of hydrogen-bond acceptors (Lipinski definition) is 5. The third kappa shape index (κ3) is 5.12. The summed E-state index contributed by atoms with van der Waals surface area (Å²) in [5, 5.41) is 4.10. The van der Waals surface area contributed by atoms with Crippen molar-refractivity contribution < 1.29 is 9.59 Å². The molecule has 9 heteroatoms. The average molecular weight is 463 g/mol. The van der Waals surface area contributed by atoms with Crippen LogP contribution in [0.25, 0.3) is 11.0 Å². The molecule has 1 atom stereocenters. The highest BCUT2D eigenvalue weighted by Crippen LogP contribution is 2.19. The number of amides is 2. The first-order valence-electron chi connectivity index (χ1n) is 10.4. The van der Waals surface area contributed by atoms with Crippen molar-refractivity contribution in [1.82, 2.24) is 25.2 Å². The highest BCUT2D eigenvalue weighted by molar-refractivity contribution is 6.33. The SMILES string of the molecule is CN(CC(Cc1ccccc1)NC(=O)c1ccnc2[nH]ccc12)C(=O)c1cc(N)c(Cl)cn1. The van der Waals surface area contributed by atoms with Crippen molar-refractivity contribution in [1.29, 1.82) is 0 Å². The molecular formula is C24H23ClN6O2. The number of rotatable bonds is 7. The van der Waals surface area contributed by atoms with E-state index in [-0.39, 0.29) is 40.8 Å². The summed E-state index contributed by atoms with van der Waals surface area (Å²) >= 11 is 5.92. The third-order valence-electron chi connectivity index (χ3n) is 5.31. The molecule has 1 aromatic carbocycles. The van der Waals surface area contributed by atoms with Gasteiger partial charge < -0.3 is 20.9 Å². The number of H-pyrrole nitrogens is 1. The fourth-order valence-electron chi connectivity index (χ4n) is 3.66. The van der Waals surface area contributed by atoms with Gasteiger partial charge in [-0.25, -0.2) is 9.97 Å². The number of benzene rings is 1. The van der Waals surface area contributed by atoms with E-state index < -0.39 is 0 Å². The van der Waals surface area contributed by atoms with Crippen LogP contribution in [0.5, 0.6) is 0 Å². The Morgan fingerprint density at radius 2 is 1.97 bits per heavy atom. The molecule has 2 amide bonds. The van der Waals surface area contributed by atoms with Crippen LogP contribution in [0.15, 0.2) is 67.1 Å². The molecule has 0 saturated heterocycles. The van der Waals surface area contributed by atoms with Crippen LogP contribution in [0.4, 0.5) is 5.69 Å². The maximum absolute atomic E-state index is 13.2. The van der Waals surface area contributed by atoms with Crippen LogP contribution in [-0.4, -0.2) is 51.3 Å². The Morgan fingerprint density at radius 3 is 2.73 bits per heavy atom. The number of halogens is 1. The minimum Gasteiger partial charge on any atom is -0.397 e. The quantitative estimate of drug-likeness (QED) is 0.389. The Morgan fingerprint density at radius 1 is 1.18 bits per heavy atom. The zero-order valence-electron chi connectivity index (χ0n) is 18.0. The second kappa shape index (κ2) is 9.70. The molecule has 0 aliphatic rings. The molecule has 8 nitrogen and oxygen atoms in total. The lowest BCUT2D eigenvalue weighted by Gasteiger charge is -2.25. The molecule has 3 heterocycles. The molecular weight excluding hydrogens is 440 g/mol. The number of aromatic nitrogens is 3. The number of nitrogen functional groups attached to an aromatic ring is 1. The van der Waals surface area contributed by atoms with Crippen molar-refractivity contribution >= 4 is 40.1 Å². The Labute approximate surface area is 195 Å². The van der Waals surface area contributed by atoms with E-state index in [1.54, 1.807) is 25.5 Å². The van der Waals surface area contributed by atoms with Gasteiger partial charge in [-0.15, -0.1) is 0 Å². The van der Waals surface area contributed by atoms with E-state index in [4.69, 9.17) is 17.3 Å². The van der Waals surface area contributed by atoms with Gasteiger partial charge in [0.1, 0.15) is 11.3 Å².